The van der Waals surface area contributed by atoms with E-state index in [9.17, 15) is 0 Å². The van der Waals surface area contributed by atoms with Crippen molar-refractivity contribution < 1.29 is 4.74 Å². The highest BCUT2D eigenvalue weighted by Gasteiger charge is 2.02. The van der Waals surface area contributed by atoms with Crippen LogP contribution in [-0.2, 0) is 0 Å². The van der Waals surface area contributed by atoms with Gasteiger partial charge in [-0.1, -0.05) is 32.4 Å². The van der Waals surface area contributed by atoms with Crippen molar-refractivity contribution in [2.45, 2.75) is 34.1 Å². The first-order valence-corrected chi connectivity index (χ1v) is 5.33. The predicted molar refractivity (Wildman–Crippen MR) is 60.9 cm³/mol. The molecule has 0 heterocycles. The normalized spacial score (nSPS) is 12.6. The molecule has 0 amide bonds. The molecule has 0 saturated carbocycles. The number of aryl methyl sites for hydroxylation is 2. The van der Waals surface area contributed by atoms with Gasteiger partial charge in [-0.25, -0.2) is 0 Å². The summed E-state index contributed by atoms with van der Waals surface area (Å²) < 4.78 is 5.77. The summed E-state index contributed by atoms with van der Waals surface area (Å²) in [7, 11) is 0. The van der Waals surface area contributed by atoms with Crippen molar-refractivity contribution >= 4 is 0 Å². The Morgan fingerprint density at radius 2 is 2.00 bits per heavy atom. The van der Waals surface area contributed by atoms with E-state index < -0.39 is 0 Å². The number of benzene rings is 1. The molecule has 0 N–H and O–H groups in total. The fraction of sp³-hybridized carbons (Fsp3) is 0.538. The highest BCUT2D eigenvalue weighted by atomic mass is 16.5. The number of hydrogen-bond donors (Lipinski definition) is 0. The second kappa shape index (κ2) is 5.04. The average Bonchev–Trinajstić information content (AvgIpc) is 2.19. The summed E-state index contributed by atoms with van der Waals surface area (Å²) in [6.07, 6.45) is 1.17. The van der Waals surface area contributed by atoms with Crippen molar-refractivity contribution in [1.29, 1.82) is 0 Å². The molecule has 0 aliphatic heterocycles. The molecule has 1 heteroatoms. The molecule has 1 aromatic rings. The molecule has 0 bridgehead atoms. The van der Waals surface area contributed by atoms with Gasteiger partial charge >= 0.3 is 0 Å². The molecule has 1 unspecified atom stereocenters. The van der Waals surface area contributed by atoms with Gasteiger partial charge in [0.15, 0.2) is 0 Å². The molecule has 1 rings (SSSR count). The van der Waals surface area contributed by atoms with Gasteiger partial charge in [0, 0.05) is 0 Å². The Morgan fingerprint density at radius 1 is 1.29 bits per heavy atom. The third-order valence-corrected chi connectivity index (χ3v) is 2.56. The standard InChI is InChI=1S/C13H20O/c1-5-10(2)9-14-13-8-11(3)6-7-12(13)4/h6-8,10H,5,9H2,1-4H3. The van der Waals surface area contributed by atoms with E-state index in [2.05, 4.69) is 45.9 Å². The summed E-state index contributed by atoms with van der Waals surface area (Å²) in [5.74, 6) is 1.67. The maximum atomic E-state index is 5.77. The van der Waals surface area contributed by atoms with E-state index in [0.717, 1.165) is 12.4 Å². The van der Waals surface area contributed by atoms with Crippen LogP contribution in [0.2, 0.25) is 0 Å². The van der Waals surface area contributed by atoms with Crippen molar-refractivity contribution in [3.05, 3.63) is 29.3 Å². The molecule has 1 aromatic carbocycles. The molecule has 1 nitrogen and oxygen atoms in total. The monoisotopic (exact) mass is 192 g/mol. The fourth-order valence-corrected chi connectivity index (χ4v) is 1.21. The van der Waals surface area contributed by atoms with Gasteiger partial charge in [0.25, 0.3) is 0 Å². The van der Waals surface area contributed by atoms with Crippen LogP contribution in [0, 0.1) is 19.8 Å². The van der Waals surface area contributed by atoms with Gasteiger partial charge in [-0.2, -0.15) is 0 Å². The Labute approximate surface area is 87.1 Å². The lowest BCUT2D eigenvalue weighted by Gasteiger charge is -2.13. The first kappa shape index (κ1) is 11.1. The van der Waals surface area contributed by atoms with Crippen LogP contribution in [0.3, 0.4) is 0 Å². The Morgan fingerprint density at radius 3 is 2.64 bits per heavy atom. The third-order valence-electron chi connectivity index (χ3n) is 2.56. The van der Waals surface area contributed by atoms with E-state index in [4.69, 9.17) is 4.74 Å². The van der Waals surface area contributed by atoms with E-state index >= 15 is 0 Å². The second-order valence-corrected chi connectivity index (χ2v) is 4.09. The molecule has 78 valence electrons. The van der Waals surface area contributed by atoms with Crippen molar-refractivity contribution in [2.24, 2.45) is 5.92 Å². The SMILES string of the molecule is CCC(C)COc1cc(C)ccc1C. The zero-order valence-corrected chi connectivity index (χ0v) is 9.63. The minimum Gasteiger partial charge on any atom is -0.493 e. The van der Waals surface area contributed by atoms with E-state index in [-0.39, 0.29) is 0 Å². The van der Waals surface area contributed by atoms with Crippen LogP contribution in [0.1, 0.15) is 31.4 Å². The summed E-state index contributed by atoms with van der Waals surface area (Å²) in [6, 6.07) is 6.34. The maximum absolute atomic E-state index is 5.77. The lowest BCUT2D eigenvalue weighted by atomic mass is 10.1. The molecule has 0 saturated heterocycles. The first-order chi connectivity index (χ1) is 6.63. The number of hydrogen-bond acceptors (Lipinski definition) is 1. The van der Waals surface area contributed by atoms with Crippen LogP contribution in [0.15, 0.2) is 18.2 Å². The summed E-state index contributed by atoms with van der Waals surface area (Å²) >= 11 is 0. The van der Waals surface area contributed by atoms with Gasteiger partial charge in [0.1, 0.15) is 5.75 Å². The van der Waals surface area contributed by atoms with Crippen molar-refractivity contribution in [3.63, 3.8) is 0 Å². The largest absolute Gasteiger partial charge is 0.493 e. The van der Waals surface area contributed by atoms with E-state index in [1.807, 2.05) is 0 Å². The molecule has 0 aromatic heterocycles. The molecule has 0 spiro atoms. The van der Waals surface area contributed by atoms with Gasteiger partial charge in [0.05, 0.1) is 6.61 Å². The van der Waals surface area contributed by atoms with Crippen molar-refractivity contribution in [1.82, 2.24) is 0 Å². The molecule has 0 fully saturated rings. The maximum Gasteiger partial charge on any atom is 0.122 e. The van der Waals surface area contributed by atoms with E-state index in [1.165, 1.54) is 17.5 Å². The summed E-state index contributed by atoms with van der Waals surface area (Å²) in [6.45, 7) is 9.41. The number of rotatable bonds is 4. The molecule has 1 atom stereocenters. The minimum atomic E-state index is 0.634. The predicted octanol–water partition coefficient (Wildman–Crippen LogP) is 3.73. The lowest BCUT2D eigenvalue weighted by molar-refractivity contribution is 0.255. The van der Waals surface area contributed by atoms with Crippen molar-refractivity contribution in [3.8, 4) is 5.75 Å². The fourth-order valence-electron chi connectivity index (χ4n) is 1.21. The second-order valence-electron chi connectivity index (χ2n) is 4.09. The van der Waals surface area contributed by atoms with Crippen LogP contribution in [-0.4, -0.2) is 6.61 Å². The van der Waals surface area contributed by atoms with Crippen molar-refractivity contribution in [2.75, 3.05) is 6.61 Å². The first-order valence-electron chi connectivity index (χ1n) is 5.33. The zero-order valence-electron chi connectivity index (χ0n) is 9.63. The molecular weight excluding hydrogens is 172 g/mol. The van der Waals surface area contributed by atoms with E-state index in [1.54, 1.807) is 0 Å². The Kier molecular flexibility index (Phi) is 3.99. The summed E-state index contributed by atoms with van der Waals surface area (Å²) in [5, 5.41) is 0. The van der Waals surface area contributed by atoms with Crippen LogP contribution in [0.5, 0.6) is 5.75 Å². The Balaban J connectivity index is 2.62. The lowest BCUT2D eigenvalue weighted by Crippen LogP contribution is -2.08. The van der Waals surface area contributed by atoms with Crippen LogP contribution < -0.4 is 4.74 Å². The minimum absolute atomic E-state index is 0.634. The molecule has 0 aliphatic rings. The molecule has 0 radical (unpaired) electrons. The topological polar surface area (TPSA) is 9.23 Å². The van der Waals surface area contributed by atoms with Crippen LogP contribution >= 0.6 is 0 Å². The Bertz CT molecular complexity index is 291. The summed E-state index contributed by atoms with van der Waals surface area (Å²) in [4.78, 5) is 0. The molecule has 14 heavy (non-hydrogen) atoms. The van der Waals surface area contributed by atoms with Gasteiger partial charge in [-0.3, -0.25) is 0 Å². The third kappa shape index (κ3) is 3.06. The van der Waals surface area contributed by atoms with Crippen LogP contribution in [0.4, 0.5) is 0 Å². The highest BCUT2D eigenvalue weighted by Crippen LogP contribution is 2.20. The quantitative estimate of drug-likeness (QED) is 0.706. The zero-order chi connectivity index (χ0) is 10.6. The molecule has 0 aliphatic carbocycles. The van der Waals surface area contributed by atoms with Gasteiger partial charge < -0.3 is 4.74 Å². The van der Waals surface area contributed by atoms with Gasteiger partial charge in [-0.15, -0.1) is 0 Å². The van der Waals surface area contributed by atoms with Crippen LogP contribution in [0.25, 0.3) is 0 Å². The highest BCUT2D eigenvalue weighted by molar-refractivity contribution is 5.35. The number of ether oxygens (including phenoxy) is 1. The average molecular weight is 192 g/mol. The van der Waals surface area contributed by atoms with Gasteiger partial charge in [-0.05, 0) is 37.0 Å². The Hall–Kier alpha value is -0.980. The smallest absolute Gasteiger partial charge is 0.122 e. The van der Waals surface area contributed by atoms with Gasteiger partial charge in [0.2, 0.25) is 0 Å². The van der Waals surface area contributed by atoms with E-state index in [0.29, 0.717) is 5.92 Å². The summed E-state index contributed by atoms with van der Waals surface area (Å²) in [5.41, 5.74) is 2.48. The molecular formula is C13H20O.